The second kappa shape index (κ2) is 6.26. The van der Waals surface area contributed by atoms with Crippen LogP contribution in [0.5, 0.6) is 0 Å². The fraction of sp³-hybridized carbons (Fsp3) is 0.412. The quantitative estimate of drug-likeness (QED) is 0.758. The Bertz CT molecular complexity index is 907. The Morgan fingerprint density at radius 3 is 3.17 bits per heavy atom. The number of fused-ring (bicyclic) bond motifs is 2. The first kappa shape index (κ1) is 15.2. The van der Waals surface area contributed by atoms with Crippen molar-refractivity contribution in [2.75, 3.05) is 20.1 Å². The molecule has 24 heavy (non-hydrogen) atoms. The summed E-state index contributed by atoms with van der Waals surface area (Å²) in [7, 11) is 2.06. The fourth-order valence-corrected chi connectivity index (χ4v) is 3.24. The first-order valence-corrected chi connectivity index (χ1v) is 8.23. The van der Waals surface area contributed by atoms with Crippen molar-refractivity contribution in [1.82, 2.24) is 24.6 Å². The van der Waals surface area contributed by atoms with Gasteiger partial charge in [0.2, 0.25) is 0 Å². The molecule has 0 saturated heterocycles. The average Bonchev–Trinajstić information content (AvgIpc) is 3.14. The van der Waals surface area contributed by atoms with Crippen LogP contribution in [0.1, 0.15) is 11.3 Å². The van der Waals surface area contributed by atoms with Gasteiger partial charge in [-0.25, -0.2) is 4.79 Å². The SMILES string of the molecule is CN(CCn1c(=O)oc2ccccc21)Cc1cnn2c1CNCC2. The lowest BCUT2D eigenvalue weighted by Gasteiger charge is -2.19. The normalized spacial score (nSPS) is 14.4. The maximum Gasteiger partial charge on any atom is 0.419 e. The third-order valence-electron chi connectivity index (χ3n) is 4.55. The Morgan fingerprint density at radius 1 is 1.38 bits per heavy atom. The summed E-state index contributed by atoms with van der Waals surface area (Å²) >= 11 is 0. The smallest absolute Gasteiger partial charge is 0.408 e. The van der Waals surface area contributed by atoms with Crippen LogP contribution >= 0.6 is 0 Å². The summed E-state index contributed by atoms with van der Waals surface area (Å²) < 4.78 is 9.05. The van der Waals surface area contributed by atoms with Crippen LogP contribution in [-0.4, -0.2) is 39.4 Å². The molecule has 1 aliphatic heterocycles. The van der Waals surface area contributed by atoms with Gasteiger partial charge >= 0.3 is 5.76 Å². The zero-order valence-electron chi connectivity index (χ0n) is 13.7. The van der Waals surface area contributed by atoms with Gasteiger partial charge in [-0.15, -0.1) is 0 Å². The molecule has 3 heterocycles. The summed E-state index contributed by atoms with van der Waals surface area (Å²) in [6.07, 6.45) is 1.96. The summed E-state index contributed by atoms with van der Waals surface area (Å²) in [5, 5.41) is 7.84. The maximum absolute atomic E-state index is 12.0. The summed E-state index contributed by atoms with van der Waals surface area (Å²) in [6.45, 7) is 4.96. The van der Waals surface area contributed by atoms with Crippen molar-refractivity contribution in [3.63, 3.8) is 0 Å². The highest BCUT2D eigenvalue weighted by molar-refractivity contribution is 5.72. The third-order valence-corrected chi connectivity index (χ3v) is 4.55. The van der Waals surface area contributed by atoms with Crippen LogP contribution in [0.2, 0.25) is 0 Å². The summed E-state index contributed by atoms with van der Waals surface area (Å²) in [6, 6.07) is 7.53. The summed E-state index contributed by atoms with van der Waals surface area (Å²) in [5.41, 5.74) is 4.00. The molecule has 0 unspecified atom stereocenters. The Morgan fingerprint density at radius 2 is 2.25 bits per heavy atom. The van der Waals surface area contributed by atoms with Crippen LogP contribution < -0.4 is 11.1 Å². The highest BCUT2D eigenvalue weighted by Crippen LogP contribution is 2.14. The van der Waals surface area contributed by atoms with Crippen LogP contribution in [-0.2, 0) is 26.2 Å². The highest BCUT2D eigenvalue weighted by atomic mass is 16.4. The van der Waals surface area contributed by atoms with Crippen molar-refractivity contribution in [2.24, 2.45) is 0 Å². The number of rotatable bonds is 5. The van der Waals surface area contributed by atoms with Crippen molar-refractivity contribution in [1.29, 1.82) is 0 Å². The van der Waals surface area contributed by atoms with Crippen molar-refractivity contribution in [2.45, 2.75) is 26.2 Å². The van der Waals surface area contributed by atoms with Crippen molar-refractivity contribution < 1.29 is 4.42 Å². The molecular formula is C17H21N5O2. The molecule has 0 bridgehead atoms. The molecule has 3 aromatic rings. The zero-order valence-corrected chi connectivity index (χ0v) is 13.7. The molecule has 1 aromatic carbocycles. The van der Waals surface area contributed by atoms with Gasteiger partial charge in [-0.2, -0.15) is 5.10 Å². The topological polar surface area (TPSA) is 68.2 Å². The molecule has 0 saturated carbocycles. The van der Waals surface area contributed by atoms with E-state index in [-0.39, 0.29) is 5.76 Å². The molecule has 0 aliphatic carbocycles. The van der Waals surface area contributed by atoms with E-state index in [0.717, 1.165) is 38.2 Å². The first-order valence-electron chi connectivity index (χ1n) is 8.23. The van der Waals surface area contributed by atoms with E-state index >= 15 is 0 Å². The Hall–Kier alpha value is -2.38. The second-order valence-corrected chi connectivity index (χ2v) is 6.24. The number of nitrogens with one attached hydrogen (secondary N) is 1. The fourth-order valence-electron chi connectivity index (χ4n) is 3.24. The van der Waals surface area contributed by atoms with Gasteiger partial charge in [-0.3, -0.25) is 9.25 Å². The lowest BCUT2D eigenvalue weighted by atomic mass is 10.2. The summed E-state index contributed by atoms with van der Waals surface area (Å²) in [4.78, 5) is 14.2. The summed E-state index contributed by atoms with van der Waals surface area (Å²) in [5.74, 6) is -0.295. The lowest BCUT2D eigenvalue weighted by Crippen LogP contribution is -2.30. The maximum atomic E-state index is 12.0. The standard InChI is InChI=1S/C17H21N5O2/c1-20(12-13-10-19-22-7-6-18-11-15(13)22)8-9-21-14-4-2-3-5-16(14)24-17(21)23/h2-5,10,18H,6-9,11-12H2,1H3. The largest absolute Gasteiger partial charge is 0.419 e. The molecule has 4 rings (SSSR count). The minimum absolute atomic E-state index is 0.295. The minimum Gasteiger partial charge on any atom is -0.408 e. The van der Waals surface area contributed by atoms with E-state index in [2.05, 4.69) is 27.0 Å². The van der Waals surface area contributed by atoms with Gasteiger partial charge in [-0.05, 0) is 19.2 Å². The number of oxazole rings is 1. The van der Waals surface area contributed by atoms with Crippen molar-refractivity contribution in [3.05, 3.63) is 52.3 Å². The van der Waals surface area contributed by atoms with Crippen LogP contribution in [0.4, 0.5) is 0 Å². The zero-order chi connectivity index (χ0) is 16.5. The Balaban J connectivity index is 1.45. The highest BCUT2D eigenvalue weighted by Gasteiger charge is 2.16. The Labute approximate surface area is 139 Å². The molecule has 2 aromatic heterocycles. The number of benzene rings is 1. The number of hydrogen-bond acceptors (Lipinski definition) is 5. The van der Waals surface area contributed by atoms with E-state index in [9.17, 15) is 4.79 Å². The molecule has 1 N–H and O–H groups in total. The molecule has 0 amide bonds. The molecule has 7 heteroatoms. The van der Waals surface area contributed by atoms with E-state index < -0.39 is 0 Å². The predicted molar refractivity (Wildman–Crippen MR) is 90.7 cm³/mol. The predicted octanol–water partition coefficient (Wildman–Crippen LogP) is 1.03. The molecule has 126 valence electrons. The van der Waals surface area contributed by atoms with Gasteiger partial charge in [0, 0.05) is 38.3 Å². The van der Waals surface area contributed by atoms with Gasteiger partial charge in [0.25, 0.3) is 0 Å². The van der Waals surface area contributed by atoms with Crippen molar-refractivity contribution in [3.8, 4) is 0 Å². The van der Waals surface area contributed by atoms with E-state index in [1.807, 2.05) is 30.5 Å². The van der Waals surface area contributed by atoms with E-state index in [1.54, 1.807) is 4.57 Å². The molecule has 0 radical (unpaired) electrons. The van der Waals surface area contributed by atoms with Gasteiger partial charge < -0.3 is 14.6 Å². The minimum atomic E-state index is -0.295. The van der Waals surface area contributed by atoms with Crippen molar-refractivity contribution >= 4 is 11.1 Å². The molecule has 0 fully saturated rings. The molecule has 0 spiro atoms. The number of hydrogen-bond donors (Lipinski definition) is 1. The Kier molecular flexibility index (Phi) is 3.95. The van der Waals surface area contributed by atoms with Gasteiger partial charge in [0.05, 0.1) is 24.0 Å². The average molecular weight is 327 g/mol. The molecule has 1 aliphatic rings. The van der Waals surface area contributed by atoms with E-state index in [4.69, 9.17) is 4.42 Å². The number of nitrogens with zero attached hydrogens (tertiary/aromatic N) is 4. The number of likely N-dealkylation sites (N-methyl/N-ethyl adjacent to an activating group) is 1. The van der Waals surface area contributed by atoms with Crippen LogP contribution in [0, 0.1) is 0 Å². The van der Waals surface area contributed by atoms with Gasteiger partial charge in [-0.1, -0.05) is 12.1 Å². The number of para-hydroxylation sites is 2. The van der Waals surface area contributed by atoms with E-state index in [1.165, 1.54) is 11.3 Å². The van der Waals surface area contributed by atoms with Gasteiger partial charge in [0.1, 0.15) is 0 Å². The molecule has 7 nitrogen and oxygen atoms in total. The second-order valence-electron chi connectivity index (χ2n) is 6.24. The lowest BCUT2D eigenvalue weighted by molar-refractivity contribution is 0.305. The third kappa shape index (κ3) is 2.76. The van der Waals surface area contributed by atoms with Gasteiger partial charge in [0.15, 0.2) is 5.58 Å². The van der Waals surface area contributed by atoms with Crippen LogP contribution in [0.15, 0.2) is 39.7 Å². The first-order chi connectivity index (χ1) is 11.7. The number of aromatic nitrogens is 3. The van der Waals surface area contributed by atoms with Crippen LogP contribution in [0.3, 0.4) is 0 Å². The van der Waals surface area contributed by atoms with E-state index in [0.29, 0.717) is 12.1 Å². The molecular weight excluding hydrogens is 306 g/mol. The monoisotopic (exact) mass is 327 g/mol. The molecule has 0 atom stereocenters. The van der Waals surface area contributed by atoms with Crippen LogP contribution in [0.25, 0.3) is 11.1 Å².